The molecule has 0 unspecified atom stereocenters. The lowest BCUT2D eigenvalue weighted by molar-refractivity contribution is -0.140. The smallest absolute Gasteiger partial charge is 0.264 e. The van der Waals surface area contributed by atoms with Gasteiger partial charge in [-0.25, -0.2) is 8.42 Å². The molecule has 0 aliphatic heterocycles. The lowest BCUT2D eigenvalue weighted by Crippen LogP contribution is -2.53. The molecule has 0 radical (unpaired) electrons. The van der Waals surface area contributed by atoms with Gasteiger partial charge in [0.25, 0.3) is 10.0 Å². The fourth-order valence-corrected chi connectivity index (χ4v) is 6.73. The van der Waals surface area contributed by atoms with Gasteiger partial charge in [0.2, 0.25) is 11.8 Å². The number of sulfonamides is 1. The van der Waals surface area contributed by atoms with Crippen LogP contribution in [0.2, 0.25) is 0 Å². The van der Waals surface area contributed by atoms with Gasteiger partial charge in [0.15, 0.2) is 0 Å². The molecule has 4 rings (SSSR count). The number of aryl methyl sites for hydroxylation is 1. The van der Waals surface area contributed by atoms with Crippen LogP contribution in [0.3, 0.4) is 0 Å². The Hall–Kier alpha value is -3.85. The van der Waals surface area contributed by atoms with Gasteiger partial charge in [-0.1, -0.05) is 67.8 Å². The summed E-state index contributed by atoms with van der Waals surface area (Å²) in [6.07, 6.45) is 4.39. The quantitative estimate of drug-likeness (QED) is 0.325. The van der Waals surface area contributed by atoms with Crippen molar-refractivity contribution in [3.8, 4) is 5.75 Å². The van der Waals surface area contributed by atoms with Crippen molar-refractivity contribution in [3.63, 3.8) is 0 Å². The van der Waals surface area contributed by atoms with Crippen LogP contribution in [0.15, 0.2) is 83.8 Å². The van der Waals surface area contributed by atoms with Crippen molar-refractivity contribution in [1.82, 2.24) is 10.2 Å². The Kier molecular flexibility index (Phi) is 10.0. The van der Waals surface area contributed by atoms with Crippen LogP contribution in [0, 0.1) is 6.92 Å². The number of rotatable bonds is 12. The summed E-state index contributed by atoms with van der Waals surface area (Å²) in [7, 11) is -2.58. The van der Waals surface area contributed by atoms with Crippen molar-refractivity contribution in [1.29, 1.82) is 0 Å². The first-order valence-corrected chi connectivity index (χ1v) is 15.5. The summed E-state index contributed by atoms with van der Waals surface area (Å²) in [6.45, 7) is 3.55. The number of hydrogen-bond acceptors (Lipinski definition) is 5. The average Bonchev–Trinajstić information content (AvgIpc) is 3.49. The molecule has 41 heavy (non-hydrogen) atoms. The molecule has 3 aromatic carbocycles. The lowest BCUT2D eigenvalue weighted by Gasteiger charge is -2.34. The molecule has 1 aliphatic rings. The van der Waals surface area contributed by atoms with Crippen LogP contribution in [0.1, 0.15) is 50.2 Å². The zero-order valence-electron chi connectivity index (χ0n) is 24.0. The van der Waals surface area contributed by atoms with Crippen molar-refractivity contribution in [2.45, 2.75) is 69.5 Å². The van der Waals surface area contributed by atoms with Crippen LogP contribution < -0.4 is 14.4 Å². The standard InChI is InChI=1S/C32H39N3O5S/c1-4-30(32(37)33-26-13-8-9-14-26)34(22-25-12-10-11-24(2)21-25)31(36)23-35(27-17-19-28(40-3)20-18-27)41(38,39)29-15-6-5-7-16-29/h5-7,10-12,15-21,26,30H,4,8-9,13-14,22-23H2,1-3H3,(H,33,37)/t30-/m1/s1. The minimum absolute atomic E-state index is 0.0693. The minimum Gasteiger partial charge on any atom is -0.497 e. The van der Waals surface area contributed by atoms with E-state index >= 15 is 0 Å². The van der Waals surface area contributed by atoms with Gasteiger partial charge in [0.05, 0.1) is 17.7 Å². The summed E-state index contributed by atoms with van der Waals surface area (Å²) >= 11 is 0. The second-order valence-electron chi connectivity index (χ2n) is 10.4. The second kappa shape index (κ2) is 13.7. The van der Waals surface area contributed by atoms with Crippen LogP contribution in [-0.2, 0) is 26.2 Å². The van der Waals surface area contributed by atoms with Gasteiger partial charge in [-0.05, 0) is 68.1 Å². The minimum atomic E-state index is -4.11. The highest BCUT2D eigenvalue weighted by Gasteiger charge is 2.34. The molecule has 1 saturated carbocycles. The molecule has 8 nitrogen and oxygen atoms in total. The topological polar surface area (TPSA) is 96.0 Å². The summed E-state index contributed by atoms with van der Waals surface area (Å²) in [4.78, 5) is 29.3. The molecule has 0 spiro atoms. The Bertz CT molecular complexity index is 1420. The van der Waals surface area contributed by atoms with E-state index in [0.29, 0.717) is 17.9 Å². The molecular formula is C32H39N3O5S. The molecular weight excluding hydrogens is 538 g/mol. The van der Waals surface area contributed by atoms with Crippen molar-refractivity contribution < 1.29 is 22.7 Å². The fraction of sp³-hybridized carbons (Fsp3) is 0.375. The number of methoxy groups -OCH3 is 1. The molecule has 218 valence electrons. The Morgan fingerprint density at radius 2 is 1.66 bits per heavy atom. The molecule has 9 heteroatoms. The summed E-state index contributed by atoms with van der Waals surface area (Å²) in [6, 6.07) is 21.7. The van der Waals surface area contributed by atoms with Gasteiger partial charge >= 0.3 is 0 Å². The largest absolute Gasteiger partial charge is 0.497 e. The molecule has 1 atom stereocenters. The van der Waals surface area contributed by atoms with E-state index < -0.39 is 28.5 Å². The number of amides is 2. The normalized spacial score (nSPS) is 14.3. The summed E-state index contributed by atoms with van der Waals surface area (Å²) in [5.74, 6) is -0.106. The van der Waals surface area contributed by atoms with Gasteiger partial charge in [0.1, 0.15) is 18.3 Å². The van der Waals surface area contributed by atoms with Crippen molar-refractivity contribution in [2.24, 2.45) is 0 Å². The first-order valence-electron chi connectivity index (χ1n) is 14.1. The second-order valence-corrected chi connectivity index (χ2v) is 12.3. The van der Waals surface area contributed by atoms with E-state index in [1.54, 1.807) is 42.5 Å². The molecule has 0 saturated heterocycles. The van der Waals surface area contributed by atoms with E-state index in [-0.39, 0.29) is 23.4 Å². The molecule has 3 aromatic rings. The number of ether oxygens (including phenoxy) is 1. The monoisotopic (exact) mass is 577 g/mol. The van der Waals surface area contributed by atoms with E-state index in [2.05, 4.69) is 5.32 Å². The van der Waals surface area contributed by atoms with Gasteiger partial charge in [-0.15, -0.1) is 0 Å². The third kappa shape index (κ3) is 7.47. The summed E-state index contributed by atoms with van der Waals surface area (Å²) in [5.41, 5.74) is 2.22. The number of carbonyl (C=O) groups excluding carboxylic acids is 2. The lowest BCUT2D eigenvalue weighted by atomic mass is 10.1. The Morgan fingerprint density at radius 3 is 2.27 bits per heavy atom. The molecule has 0 aromatic heterocycles. The molecule has 0 bridgehead atoms. The first-order chi connectivity index (χ1) is 19.7. The van der Waals surface area contributed by atoms with E-state index in [1.807, 2.05) is 38.1 Å². The molecule has 2 amide bonds. The van der Waals surface area contributed by atoms with Crippen LogP contribution in [0.25, 0.3) is 0 Å². The third-order valence-corrected chi connectivity index (χ3v) is 9.28. The van der Waals surface area contributed by atoms with Gasteiger partial charge < -0.3 is 15.0 Å². The average molecular weight is 578 g/mol. The predicted octanol–water partition coefficient (Wildman–Crippen LogP) is 5.07. The number of hydrogen-bond donors (Lipinski definition) is 1. The highest BCUT2D eigenvalue weighted by atomic mass is 32.2. The highest BCUT2D eigenvalue weighted by molar-refractivity contribution is 7.92. The maximum atomic E-state index is 14.2. The number of nitrogens with zero attached hydrogens (tertiary/aromatic N) is 2. The maximum absolute atomic E-state index is 14.2. The van der Waals surface area contributed by atoms with E-state index in [4.69, 9.17) is 4.74 Å². The van der Waals surface area contributed by atoms with Gasteiger partial charge in [-0.3, -0.25) is 13.9 Å². The van der Waals surface area contributed by atoms with Crippen LogP contribution in [0.5, 0.6) is 5.75 Å². The Morgan fingerprint density at radius 1 is 0.976 bits per heavy atom. The van der Waals surface area contributed by atoms with Crippen LogP contribution in [0.4, 0.5) is 5.69 Å². The van der Waals surface area contributed by atoms with E-state index in [0.717, 1.165) is 41.1 Å². The van der Waals surface area contributed by atoms with Crippen molar-refractivity contribution in [3.05, 3.63) is 90.0 Å². The maximum Gasteiger partial charge on any atom is 0.264 e. The van der Waals surface area contributed by atoms with Gasteiger partial charge in [0, 0.05) is 12.6 Å². The highest BCUT2D eigenvalue weighted by Crippen LogP contribution is 2.27. The van der Waals surface area contributed by atoms with E-state index in [9.17, 15) is 18.0 Å². The molecule has 1 fully saturated rings. The first kappa shape index (κ1) is 30.1. The Balaban J connectivity index is 1.71. The number of anilines is 1. The summed E-state index contributed by atoms with van der Waals surface area (Å²) in [5, 5.41) is 3.14. The third-order valence-electron chi connectivity index (χ3n) is 7.49. The molecule has 1 N–H and O–H groups in total. The molecule has 0 heterocycles. The molecule has 1 aliphatic carbocycles. The zero-order chi connectivity index (χ0) is 29.4. The number of nitrogens with one attached hydrogen (secondary N) is 1. The van der Waals surface area contributed by atoms with Crippen LogP contribution in [-0.4, -0.2) is 50.9 Å². The van der Waals surface area contributed by atoms with Crippen LogP contribution >= 0.6 is 0 Å². The summed E-state index contributed by atoms with van der Waals surface area (Å²) < 4.78 is 34.2. The fourth-order valence-electron chi connectivity index (χ4n) is 5.29. The Labute approximate surface area is 243 Å². The van der Waals surface area contributed by atoms with Crippen molar-refractivity contribution >= 4 is 27.5 Å². The zero-order valence-corrected chi connectivity index (χ0v) is 24.8. The van der Waals surface area contributed by atoms with Crippen molar-refractivity contribution in [2.75, 3.05) is 18.0 Å². The predicted molar refractivity (Wildman–Crippen MR) is 160 cm³/mol. The SMILES string of the molecule is CC[C@H](C(=O)NC1CCCC1)N(Cc1cccc(C)c1)C(=O)CN(c1ccc(OC)cc1)S(=O)(=O)c1ccccc1. The van der Waals surface area contributed by atoms with Gasteiger partial charge in [-0.2, -0.15) is 0 Å². The number of benzene rings is 3. The number of carbonyl (C=O) groups is 2. The van der Waals surface area contributed by atoms with E-state index in [1.165, 1.54) is 24.1 Å².